The van der Waals surface area contributed by atoms with Gasteiger partial charge in [-0.3, -0.25) is 9.48 Å². The van der Waals surface area contributed by atoms with Crippen LogP contribution in [0.1, 0.15) is 32.9 Å². The van der Waals surface area contributed by atoms with Crippen LogP contribution in [0.25, 0.3) is 0 Å². The number of methoxy groups -OCH3 is 1. The number of aryl methyl sites for hydroxylation is 2. The molecule has 0 aliphatic rings. The number of amides is 1. The molecule has 0 unspecified atom stereocenters. The first-order chi connectivity index (χ1) is 13.5. The van der Waals surface area contributed by atoms with E-state index in [1.807, 2.05) is 48.9 Å². The molecule has 7 heteroatoms. The van der Waals surface area contributed by atoms with Crippen molar-refractivity contribution in [1.29, 1.82) is 0 Å². The van der Waals surface area contributed by atoms with E-state index in [-0.39, 0.29) is 5.91 Å². The molecule has 3 aromatic rings. The van der Waals surface area contributed by atoms with Crippen LogP contribution in [0.3, 0.4) is 0 Å². The predicted molar refractivity (Wildman–Crippen MR) is 113 cm³/mol. The molecule has 0 aliphatic heterocycles. The molecule has 1 amide bonds. The minimum Gasteiger partial charge on any atom is -0.496 e. The average molecular weight is 441 g/mol. The Morgan fingerprint density at radius 2 is 2.07 bits per heavy atom. The van der Waals surface area contributed by atoms with E-state index in [1.165, 1.54) is 0 Å². The maximum absolute atomic E-state index is 12.2. The molecule has 0 aliphatic carbocycles. The Balaban J connectivity index is 1.74. The van der Waals surface area contributed by atoms with Crippen molar-refractivity contribution in [3.05, 3.63) is 81.1 Å². The summed E-state index contributed by atoms with van der Waals surface area (Å²) < 4.78 is 8.25. The summed E-state index contributed by atoms with van der Waals surface area (Å²) in [6.45, 7) is 4.59. The second-order valence-corrected chi connectivity index (χ2v) is 7.28. The second kappa shape index (κ2) is 8.84. The molecule has 6 nitrogen and oxygen atoms in total. The monoisotopic (exact) mass is 440 g/mol. The highest BCUT2D eigenvalue weighted by molar-refractivity contribution is 9.10. The van der Waals surface area contributed by atoms with Crippen LogP contribution >= 0.6 is 15.9 Å². The number of benzene rings is 2. The molecule has 0 atom stereocenters. The number of nitrogens with zero attached hydrogens (tertiary/aromatic N) is 3. The normalized spacial score (nSPS) is 11.0. The third kappa shape index (κ3) is 4.86. The summed E-state index contributed by atoms with van der Waals surface area (Å²) in [6, 6.07) is 14.9. The third-order valence-corrected chi connectivity index (χ3v) is 4.69. The number of hydrogen-bond donors (Lipinski definition) is 1. The van der Waals surface area contributed by atoms with E-state index in [1.54, 1.807) is 31.5 Å². The SMILES string of the molecule is COc1ccc(C=NNC(=O)c2cccc(Br)c2)cc1Cn1nc(C)cc1C. The van der Waals surface area contributed by atoms with Crippen LogP contribution in [-0.2, 0) is 6.54 Å². The summed E-state index contributed by atoms with van der Waals surface area (Å²) in [7, 11) is 1.64. The van der Waals surface area contributed by atoms with Crippen molar-refractivity contribution < 1.29 is 9.53 Å². The van der Waals surface area contributed by atoms with Crippen molar-refractivity contribution in [1.82, 2.24) is 15.2 Å². The lowest BCUT2D eigenvalue weighted by Crippen LogP contribution is -2.17. The second-order valence-electron chi connectivity index (χ2n) is 6.37. The van der Waals surface area contributed by atoms with Gasteiger partial charge in [0.25, 0.3) is 5.91 Å². The number of carbonyl (C=O) groups excluding carboxylic acids is 1. The zero-order chi connectivity index (χ0) is 20.1. The van der Waals surface area contributed by atoms with Gasteiger partial charge in [0.15, 0.2) is 0 Å². The third-order valence-electron chi connectivity index (χ3n) is 4.19. The van der Waals surface area contributed by atoms with E-state index >= 15 is 0 Å². The molecule has 1 aromatic heterocycles. The first kappa shape index (κ1) is 19.8. The molecule has 3 rings (SSSR count). The van der Waals surface area contributed by atoms with E-state index in [0.717, 1.165) is 32.7 Å². The van der Waals surface area contributed by atoms with Gasteiger partial charge in [-0.25, -0.2) is 5.43 Å². The Labute approximate surface area is 172 Å². The van der Waals surface area contributed by atoms with Crippen molar-refractivity contribution in [3.8, 4) is 5.75 Å². The smallest absolute Gasteiger partial charge is 0.271 e. The van der Waals surface area contributed by atoms with Gasteiger partial charge in [0, 0.05) is 21.3 Å². The highest BCUT2D eigenvalue weighted by Crippen LogP contribution is 2.21. The molecule has 144 valence electrons. The maximum atomic E-state index is 12.2. The van der Waals surface area contributed by atoms with Crippen molar-refractivity contribution in [3.63, 3.8) is 0 Å². The summed E-state index contributed by atoms with van der Waals surface area (Å²) in [5, 5.41) is 8.57. The molecule has 0 bridgehead atoms. The van der Waals surface area contributed by atoms with Gasteiger partial charge in [-0.1, -0.05) is 22.0 Å². The fourth-order valence-corrected chi connectivity index (χ4v) is 3.26. The zero-order valence-corrected chi connectivity index (χ0v) is 17.5. The lowest BCUT2D eigenvalue weighted by Gasteiger charge is -2.11. The predicted octanol–water partition coefficient (Wildman–Crippen LogP) is 4.08. The first-order valence-electron chi connectivity index (χ1n) is 8.73. The summed E-state index contributed by atoms with van der Waals surface area (Å²) in [5.41, 5.74) is 6.98. The quantitative estimate of drug-likeness (QED) is 0.463. The number of halogens is 1. The number of hydrazone groups is 1. The first-order valence-corrected chi connectivity index (χ1v) is 9.52. The topological polar surface area (TPSA) is 68.5 Å². The number of nitrogens with one attached hydrogen (secondary N) is 1. The fourth-order valence-electron chi connectivity index (χ4n) is 2.86. The van der Waals surface area contributed by atoms with E-state index in [2.05, 4.69) is 31.6 Å². The van der Waals surface area contributed by atoms with Crippen LogP contribution in [0, 0.1) is 13.8 Å². The Hall–Kier alpha value is -2.93. The molecule has 0 fully saturated rings. The number of rotatable bonds is 6. The largest absolute Gasteiger partial charge is 0.496 e. The summed E-state index contributed by atoms with van der Waals surface area (Å²) in [5.74, 6) is 0.511. The lowest BCUT2D eigenvalue weighted by molar-refractivity contribution is 0.0955. The molecule has 2 aromatic carbocycles. The van der Waals surface area contributed by atoms with Crippen LogP contribution in [0.4, 0.5) is 0 Å². The van der Waals surface area contributed by atoms with Crippen molar-refractivity contribution in [2.45, 2.75) is 20.4 Å². The Bertz CT molecular complexity index is 1030. The standard InChI is InChI=1S/C21H21BrN4O2/c1-14-9-15(2)26(25-14)13-18-10-16(7-8-20(18)28-3)12-23-24-21(27)17-5-4-6-19(22)11-17/h4-12H,13H2,1-3H3,(H,24,27). The Morgan fingerprint density at radius 3 is 2.75 bits per heavy atom. The zero-order valence-electron chi connectivity index (χ0n) is 15.9. The van der Waals surface area contributed by atoms with Crippen LogP contribution in [0.15, 0.2) is 58.1 Å². The van der Waals surface area contributed by atoms with Crippen LogP contribution in [0.5, 0.6) is 5.75 Å². The van der Waals surface area contributed by atoms with Gasteiger partial charge in [-0.2, -0.15) is 10.2 Å². The molecular formula is C21H21BrN4O2. The van der Waals surface area contributed by atoms with Gasteiger partial charge < -0.3 is 4.74 Å². The minimum atomic E-state index is -0.270. The lowest BCUT2D eigenvalue weighted by atomic mass is 10.1. The molecule has 0 radical (unpaired) electrons. The van der Waals surface area contributed by atoms with Gasteiger partial charge in [-0.15, -0.1) is 0 Å². The van der Waals surface area contributed by atoms with Gasteiger partial charge in [0.2, 0.25) is 0 Å². The van der Waals surface area contributed by atoms with Crippen molar-refractivity contribution in [2.75, 3.05) is 7.11 Å². The highest BCUT2D eigenvalue weighted by atomic mass is 79.9. The van der Waals surface area contributed by atoms with Gasteiger partial charge in [-0.05, 0) is 61.9 Å². The number of ether oxygens (including phenoxy) is 1. The molecule has 1 heterocycles. The molecule has 0 saturated heterocycles. The molecule has 1 N–H and O–H groups in total. The summed E-state index contributed by atoms with van der Waals surface area (Å²) in [4.78, 5) is 12.2. The van der Waals surface area contributed by atoms with Gasteiger partial charge >= 0.3 is 0 Å². The van der Waals surface area contributed by atoms with Crippen molar-refractivity contribution >= 4 is 28.1 Å². The van der Waals surface area contributed by atoms with Gasteiger partial charge in [0.05, 0.1) is 25.6 Å². The molecule has 0 spiro atoms. The van der Waals surface area contributed by atoms with E-state index in [0.29, 0.717) is 12.1 Å². The number of aromatic nitrogens is 2. The average Bonchev–Trinajstić information content (AvgIpc) is 2.99. The minimum absolute atomic E-state index is 0.270. The van der Waals surface area contributed by atoms with Crippen LogP contribution in [-0.4, -0.2) is 29.0 Å². The highest BCUT2D eigenvalue weighted by Gasteiger charge is 2.08. The maximum Gasteiger partial charge on any atom is 0.271 e. The molecular weight excluding hydrogens is 420 g/mol. The summed E-state index contributed by atoms with van der Waals surface area (Å²) in [6.07, 6.45) is 1.61. The van der Waals surface area contributed by atoms with E-state index < -0.39 is 0 Å². The molecule has 0 saturated carbocycles. The Morgan fingerprint density at radius 1 is 1.25 bits per heavy atom. The van der Waals surface area contributed by atoms with Gasteiger partial charge in [0.1, 0.15) is 5.75 Å². The number of carbonyl (C=O) groups is 1. The number of hydrogen-bond acceptors (Lipinski definition) is 4. The van der Waals surface area contributed by atoms with Crippen LogP contribution in [0.2, 0.25) is 0 Å². The van der Waals surface area contributed by atoms with E-state index in [4.69, 9.17) is 4.74 Å². The van der Waals surface area contributed by atoms with E-state index in [9.17, 15) is 4.79 Å². The summed E-state index contributed by atoms with van der Waals surface area (Å²) >= 11 is 3.35. The molecule has 28 heavy (non-hydrogen) atoms. The van der Waals surface area contributed by atoms with Crippen LogP contribution < -0.4 is 10.2 Å². The fraction of sp³-hybridized carbons (Fsp3) is 0.190. The Kier molecular flexibility index (Phi) is 6.26. The van der Waals surface area contributed by atoms with Crippen molar-refractivity contribution in [2.24, 2.45) is 5.10 Å².